The van der Waals surface area contributed by atoms with Crippen LogP contribution in [0.15, 0.2) is 40.3 Å². The van der Waals surface area contributed by atoms with Gasteiger partial charge in [0.25, 0.3) is 0 Å². The third-order valence-corrected chi connectivity index (χ3v) is 3.51. The fourth-order valence-electron chi connectivity index (χ4n) is 1.51. The van der Waals surface area contributed by atoms with Gasteiger partial charge < -0.3 is 10.7 Å². The van der Waals surface area contributed by atoms with Crippen LogP contribution in [0, 0.1) is 11.6 Å². The van der Waals surface area contributed by atoms with Gasteiger partial charge in [-0.3, -0.25) is 0 Å². The maximum atomic E-state index is 13.5. The van der Waals surface area contributed by atoms with E-state index >= 15 is 0 Å². The van der Waals surface area contributed by atoms with Crippen molar-refractivity contribution in [2.75, 3.05) is 6.54 Å². The first-order chi connectivity index (χ1) is 8.22. The molecule has 0 aliphatic carbocycles. The van der Waals surface area contributed by atoms with Gasteiger partial charge in [0.1, 0.15) is 11.6 Å². The second-order valence-corrected chi connectivity index (χ2v) is 4.56. The maximum Gasteiger partial charge on any atom is 0.140 e. The van der Waals surface area contributed by atoms with Crippen LogP contribution in [0.5, 0.6) is 0 Å². The van der Waals surface area contributed by atoms with Gasteiger partial charge in [-0.1, -0.05) is 17.8 Å². The van der Waals surface area contributed by atoms with Gasteiger partial charge >= 0.3 is 0 Å². The van der Waals surface area contributed by atoms with Gasteiger partial charge in [0.2, 0.25) is 0 Å². The highest BCUT2D eigenvalue weighted by atomic mass is 32.2. The predicted molar refractivity (Wildman–Crippen MR) is 64.0 cm³/mol. The molecule has 2 rings (SSSR count). The molecule has 0 aliphatic rings. The van der Waals surface area contributed by atoms with Gasteiger partial charge in [0, 0.05) is 23.2 Å². The summed E-state index contributed by atoms with van der Waals surface area (Å²) < 4.78 is 26.9. The van der Waals surface area contributed by atoms with Gasteiger partial charge in [-0.25, -0.2) is 8.78 Å². The number of H-pyrrole nitrogens is 1. The van der Waals surface area contributed by atoms with Crippen LogP contribution in [-0.4, -0.2) is 11.5 Å². The van der Waals surface area contributed by atoms with Crippen LogP contribution >= 0.6 is 11.8 Å². The molecule has 17 heavy (non-hydrogen) atoms. The third kappa shape index (κ3) is 2.68. The minimum Gasteiger partial charge on any atom is -0.364 e. The fourth-order valence-corrected chi connectivity index (χ4v) is 2.49. The molecule has 0 bridgehead atoms. The summed E-state index contributed by atoms with van der Waals surface area (Å²) in [7, 11) is 0. The van der Waals surface area contributed by atoms with Crippen LogP contribution in [0.2, 0.25) is 0 Å². The number of nitrogens with two attached hydrogens (primary N) is 1. The lowest BCUT2D eigenvalue weighted by molar-refractivity contribution is 0.540. The molecule has 1 aromatic heterocycles. The topological polar surface area (TPSA) is 41.8 Å². The van der Waals surface area contributed by atoms with Gasteiger partial charge in [-0.2, -0.15) is 0 Å². The Kier molecular flexibility index (Phi) is 3.81. The monoisotopic (exact) mass is 254 g/mol. The summed E-state index contributed by atoms with van der Waals surface area (Å²) in [5.41, 5.74) is 6.37. The molecular formula is C12H12F2N2S. The van der Waals surface area contributed by atoms with Crippen LogP contribution in [0.25, 0.3) is 0 Å². The van der Waals surface area contributed by atoms with Gasteiger partial charge in [-0.05, 0) is 24.7 Å². The number of benzene rings is 1. The van der Waals surface area contributed by atoms with Crippen LogP contribution in [-0.2, 0) is 6.42 Å². The Hall–Kier alpha value is -1.33. The molecule has 0 atom stereocenters. The number of hydrogen-bond acceptors (Lipinski definition) is 2. The number of halogens is 2. The Morgan fingerprint density at radius 3 is 2.53 bits per heavy atom. The zero-order valence-corrected chi connectivity index (χ0v) is 9.86. The van der Waals surface area contributed by atoms with Crippen LogP contribution in [0.4, 0.5) is 8.78 Å². The summed E-state index contributed by atoms with van der Waals surface area (Å²) >= 11 is 1.08. The molecule has 1 heterocycles. The smallest absolute Gasteiger partial charge is 0.140 e. The van der Waals surface area contributed by atoms with Crippen LogP contribution in [0.1, 0.15) is 5.69 Å². The molecule has 0 radical (unpaired) electrons. The van der Waals surface area contributed by atoms with Crippen molar-refractivity contribution in [2.24, 2.45) is 5.73 Å². The molecule has 0 fully saturated rings. The van der Waals surface area contributed by atoms with Crippen molar-refractivity contribution in [3.8, 4) is 0 Å². The van der Waals surface area contributed by atoms with E-state index < -0.39 is 11.6 Å². The van der Waals surface area contributed by atoms with Crippen molar-refractivity contribution in [2.45, 2.75) is 16.2 Å². The molecule has 2 nitrogen and oxygen atoms in total. The number of nitrogens with one attached hydrogen (secondary N) is 1. The second kappa shape index (κ2) is 5.33. The molecule has 0 saturated carbocycles. The lowest BCUT2D eigenvalue weighted by Crippen LogP contribution is -2.03. The number of aromatic amines is 1. The highest BCUT2D eigenvalue weighted by molar-refractivity contribution is 7.99. The van der Waals surface area contributed by atoms with Crippen molar-refractivity contribution < 1.29 is 8.78 Å². The molecule has 0 amide bonds. The van der Waals surface area contributed by atoms with Crippen molar-refractivity contribution >= 4 is 11.8 Å². The fraction of sp³-hybridized carbons (Fsp3) is 0.167. The Bertz CT molecular complexity index is 491. The minimum atomic E-state index is -0.546. The maximum absolute atomic E-state index is 13.5. The van der Waals surface area contributed by atoms with E-state index in [1.807, 2.05) is 0 Å². The molecule has 90 valence electrons. The predicted octanol–water partition coefficient (Wildman–Crippen LogP) is 2.95. The molecule has 1 aromatic carbocycles. The van der Waals surface area contributed by atoms with Crippen molar-refractivity contribution in [1.29, 1.82) is 0 Å². The second-order valence-electron chi connectivity index (χ2n) is 3.51. The molecule has 0 saturated heterocycles. The largest absolute Gasteiger partial charge is 0.364 e. The van der Waals surface area contributed by atoms with Gasteiger partial charge in [0.05, 0.1) is 4.90 Å². The summed E-state index contributed by atoms with van der Waals surface area (Å²) in [6.07, 6.45) is 2.40. The van der Waals surface area contributed by atoms with E-state index in [1.54, 1.807) is 12.3 Å². The van der Waals surface area contributed by atoms with E-state index in [2.05, 4.69) is 4.98 Å². The summed E-state index contributed by atoms with van der Waals surface area (Å²) in [4.78, 5) is 3.84. The van der Waals surface area contributed by atoms with E-state index in [0.29, 0.717) is 13.0 Å². The summed E-state index contributed by atoms with van der Waals surface area (Å²) in [6, 6.07) is 5.65. The number of rotatable bonds is 4. The molecular weight excluding hydrogens is 242 g/mol. The first-order valence-electron chi connectivity index (χ1n) is 5.20. The lowest BCUT2D eigenvalue weighted by Gasteiger charge is -2.05. The summed E-state index contributed by atoms with van der Waals surface area (Å²) in [6.45, 7) is 0.494. The van der Waals surface area contributed by atoms with Crippen molar-refractivity contribution in [1.82, 2.24) is 4.98 Å². The average molecular weight is 254 g/mol. The molecule has 0 spiro atoms. The normalized spacial score (nSPS) is 10.8. The van der Waals surface area contributed by atoms with E-state index in [4.69, 9.17) is 5.73 Å². The third-order valence-electron chi connectivity index (χ3n) is 2.31. The van der Waals surface area contributed by atoms with Gasteiger partial charge in [0.15, 0.2) is 0 Å². The summed E-state index contributed by atoms with van der Waals surface area (Å²) in [5, 5.41) is 0. The highest BCUT2D eigenvalue weighted by Crippen LogP contribution is 2.33. The van der Waals surface area contributed by atoms with E-state index in [9.17, 15) is 8.78 Å². The molecule has 5 heteroatoms. The van der Waals surface area contributed by atoms with Crippen LogP contribution in [0.3, 0.4) is 0 Å². The Balaban J connectivity index is 2.28. The number of aromatic nitrogens is 1. The Morgan fingerprint density at radius 1 is 1.18 bits per heavy atom. The molecule has 0 unspecified atom stereocenters. The summed E-state index contributed by atoms with van der Waals surface area (Å²) in [5.74, 6) is -1.09. The number of hydrogen-bond donors (Lipinski definition) is 2. The Morgan fingerprint density at radius 2 is 1.88 bits per heavy atom. The zero-order chi connectivity index (χ0) is 12.3. The zero-order valence-electron chi connectivity index (χ0n) is 9.04. The highest BCUT2D eigenvalue weighted by Gasteiger charge is 2.12. The van der Waals surface area contributed by atoms with Crippen molar-refractivity contribution in [3.63, 3.8) is 0 Å². The first kappa shape index (κ1) is 12.1. The Labute approximate surface area is 102 Å². The first-order valence-corrected chi connectivity index (χ1v) is 6.02. The molecule has 2 aromatic rings. The van der Waals surface area contributed by atoms with Crippen LogP contribution < -0.4 is 5.73 Å². The minimum absolute atomic E-state index is 0.0189. The SMILES string of the molecule is NCCc1[nH]ccc1Sc1c(F)cccc1F. The van der Waals surface area contributed by atoms with E-state index in [-0.39, 0.29) is 4.90 Å². The van der Waals surface area contributed by atoms with E-state index in [1.165, 1.54) is 18.2 Å². The molecule has 0 aliphatic heterocycles. The van der Waals surface area contributed by atoms with Gasteiger partial charge in [-0.15, -0.1) is 0 Å². The lowest BCUT2D eigenvalue weighted by atomic mass is 10.3. The average Bonchev–Trinajstić information content (AvgIpc) is 2.72. The standard InChI is InChI=1S/C12H12F2N2S/c13-8-2-1-3-9(14)12(8)17-11-5-7-16-10(11)4-6-15/h1-3,5,7,16H,4,6,15H2. The van der Waals surface area contributed by atoms with Crippen molar-refractivity contribution in [3.05, 3.63) is 47.8 Å². The van der Waals surface area contributed by atoms with E-state index in [0.717, 1.165) is 22.4 Å². The molecule has 3 N–H and O–H groups in total. The quantitative estimate of drug-likeness (QED) is 0.880.